The third kappa shape index (κ3) is 9.40. The first-order valence-electron chi connectivity index (χ1n) is 11.2. The lowest BCUT2D eigenvalue weighted by Gasteiger charge is -2.15. The topological polar surface area (TPSA) is 46.2 Å². The Kier molecular flexibility index (Phi) is 12.2. The van der Waals surface area contributed by atoms with Gasteiger partial charge in [-0.05, 0) is 54.7 Å². The van der Waals surface area contributed by atoms with E-state index in [1.54, 1.807) is 7.11 Å². The molecule has 0 atom stereocenters. The summed E-state index contributed by atoms with van der Waals surface area (Å²) < 4.78 is 27.4. The van der Waals surface area contributed by atoms with Crippen molar-refractivity contribution >= 4 is 0 Å². The van der Waals surface area contributed by atoms with E-state index < -0.39 is 0 Å². The molecule has 0 heterocycles. The molecule has 0 bridgehead atoms. The fourth-order valence-electron chi connectivity index (χ4n) is 3.29. The lowest BCUT2D eigenvalue weighted by molar-refractivity contribution is 0.000133. The van der Waals surface area contributed by atoms with E-state index in [2.05, 4.69) is 57.2 Å². The maximum Gasteiger partial charge on any atom is 0.122 e. The molecule has 0 fully saturated rings. The SMILES string of the molecule is CCCc1cc(-c2cc(C)ccc2C)ccc1OCCOCCOCCOCCOC. The molecule has 0 N–H and O–H groups in total. The normalized spacial score (nSPS) is 11.1. The van der Waals surface area contributed by atoms with Gasteiger partial charge >= 0.3 is 0 Å². The molecule has 0 saturated carbocycles. The van der Waals surface area contributed by atoms with Crippen molar-refractivity contribution in [1.82, 2.24) is 0 Å². The van der Waals surface area contributed by atoms with Crippen LogP contribution in [-0.4, -0.2) is 60.0 Å². The van der Waals surface area contributed by atoms with Gasteiger partial charge in [-0.25, -0.2) is 0 Å². The number of hydrogen-bond acceptors (Lipinski definition) is 5. The molecule has 0 aliphatic carbocycles. The van der Waals surface area contributed by atoms with Gasteiger partial charge in [-0.1, -0.05) is 43.2 Å². The molecule has 0 unspecified atom stereocenters. The molecule has 5 heteroatoms. The number of ether oxygens (including phenoxy) is 5. The van der Waals surface area contributed by atoms with Gasteiger partial charge in [0.1, 0.15) is 12.4 Å². The number of rotatable bonds is 16. The van der Waals surface area contributed by atoms with E-state index in [4.69, 9.17) is 23.7 Å². The lowest BCUT2D eigenvalue weighted by atomic mass is 9.95. The van der Waals surface area contributed by atoms with Gasteiger partial charge in [-0.3, -0.25) is 0 Å². The third-order valence-electron chi connectivity index (χ3n) is 4.94. The van der Waals surface area contributed by atoms with Crippen LogP contribution in [0.1, 0.15) is 30.0 Å². The van der Waals surface area contributed by atoms with Gasteiger partial charge in [-0.15, -0.1) is 0 Å². The molecule has 31 heavy (non-hydrogen) atoms. The van der Waals surface area contributed by atoms with Crippen LogP contribution in [0, 0.1) is 13.8 Å². The standard InChI is InChI=1S/C26H38O5/c1-5-6-24-20-23(25-19-21(2)7-8-22(25)3)9-10-26(24)31-18-17-30-16-15-29-14-13-28-12-11-27-4/h7-10,19-20H,5-6,11-18H2,1-4H3. The summed E-state index contributed by atoms with van der Waals surface area (Å²) in [4.78, 5) is 0. The van der Waals surface area contributed by atoms with E-state index in [0.29, 0.717) is 52.9 Å². The predicted octanol–water partition coefficient (Wildman–Crippen LogP) is 5.00. The van der Waals surface area contributed by atoms with E-state index in [1.807, 2.05) is 0 Å². The maximum atomic E-state index is 6.02. The fourth-order valence-corrected chi connectivity index (χ4v) is 3.29. The molecule has 0 amide bonds. The van der Waals surface area contributed by atoms with Crippen LogP contribution in [0.15, 0.2) is 36.4 Å². The summed E-state index contributed by atoms with van der Waals surface area (Å²) in [6.45, 7) is 11.0. The second-order valence-corrected chi connectivity index (χ2v) is 7.57. The first-order valence-corrected chi connectivity index (χ1v) is 11.2. The van der Waals surface area contributed by atoms with Gasteiger partial charge in [0.05, 0.1) is 46.2 Å². The van der Waals surface area contributed by atoms with Crippen molar-refractivity contribution in [1.29, 1.82) is 0 Å². The van der Waals surface area contributed by atoms with E-state index >= 15 is 0 Å². The summed E-state index contributed by atoms with van der Waals surface area (Å²) in [6.07, 6.45) is 2.07. The van der Waals surface area contributed by atoms with E-state index in [0.717, 1.165) is 18.6 Å². The van der Waals surface area contributed by atoms with Crippen LogP contribution in [0.3, 0.4) is 0 Å². The van der Waals surface area contributed by atoms with E-state index in [9.17, 15) is 0 Å². The van der Waals surface area contributed by atoms with Crippen LogP contribution < -0.4 is 4.74 Å². The van der Waals surface area contributed by atoms with Crippen molar-refractivity contribution in [3.63, 3.8) is 0 Å². The second-order valence-electron chi connectivity index (χ2n) is 7.57. The van der Waals surface area contributed by atoms with Crippen molar-refractivity contribution in [3.05, 3.63) is 53.1 Å². The Balaban J connectivity index is 1.73. The Labute approximate surface area is 187 Å². The lowest BCUT2D eigenvalue weighted by Crippen LogP contribution is -2.13. The molecular weight excluding hydrogens is 392 g/mol. The predicted molar refractivity (Wildman–Crippen MR) is 125 cm³/mol. The minimum Gasteiger partial charge on any atom is -0.491 e. The third-order valence-corrected chi connectivity index (χ3v) is 4.94. The van der Waals surface area contributed by atoms with Crippen LogP contribution in [0.25, 0.3) is 11.1 Å². The molecular formula is C26H38O5. The van der Waals surface area contributed by atoms with Crippen molar-refractivity contribution in [3.8, 4) is 16.9 Å². The van der Waals surface area contributed by atoms with Crippen molar-refractivity contribution in [2.75, 3.05) is 60.0 Å². The van der Waals surface area contributed by atoms with E-state index in [1.165, 1.54) is 27.8 Å². The number of hydrogen-bond donors (Lipinski definition) is 0. The average Bonchev–Trinajstić information content (AvgIpc) is 2.77. The van der Waals surface area contributed by atoms with Crippen molar-refractivity contribution < 1.29 is 23.7 Å². The summed E-state index contributed by atoms with van der Waals surface area (Å²) in [5.74, 6) is 0.948. The summed E-state index contributed by atoms with van der Waals surface area (Å²) in [6, 6.07) is 13.1. The van der Waals surface area contributed by atoms with Gasteiger partial charge in [0.25, 0.3) is 0 Å². The van der Waals surface area contributed by atoms with Gasteiger partial charge in [0.15, 0.2) is 0 Å². The Hall–Kier alpha value is -1.92. The van der Waals surface area contributed by atoms with E-state index in [-0.39, 0.29) is 0 Å². The quantitative estimate of drug-likeness (QED) is 0.351. The first kappa shape index (κ1) is 25.3. The van der Waals surface area contributed by atoms with Gasteiger partial charge < -0.3 is 23.7 Å². The summed E-state index contributed by atoms with van der Waals surface area (Å²) in [5.41, 5.74) is 6.35. The minimum atomic E-state index is 0.527. The highest BCUT2D eigenvalue weighted by molar-refractivity contribution is 5.69. The number of methoxy groups -OCH3 is 1. The van der Waals surface area contributed by atoms with Gasteiger partial charge in [-0.2, -0.15) is 0 Å². The smallest absolute Gasteiger partial charge is 0.122 e. The molecule has 0 aliphatic heterocycles. The highest BCUT2D eigenvalue weighted by Gasteiger charge is 2.08. The number of aryl methyl sites for hydroxylation is 3. The molecule has 5 nitrogen and oxygen atoms in total. The highest BCUT2D eigenvalue weighted by Crippen LogP contribution is 2.30. The molecule has 2 aromatic rings. The second kappa shape index (κ2) is 15.0. The zero-order valence-corrected chi connectivity index (χ0v) is 19.6. The minimum absolute atomic E-state index is 0.527. The Morgan fingerprint density at radius 3 is 2.00 bits per heavy atom. The van der Waals surface area contributed by atoms with Crippen LogP contribution >= 0.6 is 0 Å². The maximum absolute atomic E-state index is 6.02. The zero-order valence-electron chi connectivity index (χ0n) is 19.6. The van der Waals surface area contributed by atoms with Crippen LogP contribution in [-0.2, 0) is 25.4 Å². The Morgan fingerprint density at radius 1 is 0.710 bits per heavy atom. The van der Waals surface area contributed by atoms with Crippen LogP contribution in [0.4, 0.5) is 0 Å². The average molecular weight is 431 g/mol. The molecule has 0 aliphatic rings. The monoisotopic (exact) mass is 430 g/mol. The molecule has 0 aromatic heterocycles. The van der Waals surface area contributed by atoms with Crippen molar-refractivity contribution in [2.24, 2.45) is 0 Å². The van der Waals surface area contributed by atoms with Crippen molar-refractivity contribution in [2.45, 2.75) is 33.6 Å². The molecule has 0 spiro atoms. The Bertz CT molecular complexity index is 759. The van der Waals surface area contributed by atoms with Crippen LogP contribution in [0.2, 0.25) is 0 Å². The van der Waals surface area contributed by atoms with Crippen LogP contribution in [0.5, 0.6) is 5.75 Å². The first-order chi connectivity index (χ1) is 15.2. The summed E-state index contributed by atoms with van der Waals surface area (Å²) >= 11 is 0. The number of benzene rings is 2. The molecule has 2 aromatic carbocycles. The zero-order chi connectivity index (χ0) is 22.3. The Morgan fingerprint density at radius 2 is 1.35 bits per heavy atom. The fraction of sp³-hybridized carbons (Fsp3) is 0.538. The van der Waals surface area contributed by atoms with Gasteiger partial charge in [0, 0.05) is 7.11 Å². The largest absolute Gasteiger partial charge is 0.491 e. The molecule has 172 valence electrons. The highest BCUT2D eigenvalue weighted by atomic mass is 16.6. The molecule has 2 rings (SSSR count). The summed E-state index contributed by atoms with van der Waals surface area (Å²) in [7, 11) is 1.66. The molecule has 0 radical (unpaired) electrons. The van der Waals surface area contributed by atoms with Gasteiger partial charge in [0.2, 0.25) is 0 Å². The summed E-state index contributed by atoms with van der Waals surface area (Å²) in [5, 5.41) is 0. The molecule has 0 saturated heterocycles.